The SMILES string of the molecule is OCC(O)CNc1nccn2nc(C(F)(F)F)cc12. The van der Waals surface area contributed by atoms with Crippen LogP contribution in [0.2, 0.25) is 0 Å². The van der Waals surface area contributed by atoms with Crippen molar-refractivity contribution in [3.05, 3.63) is 24.2 Å². The minimum Gasteiger partial charge on any atom is -0.394 e. The van der Waals surface area contributed by atoms with Gasteiger partial charge in [0.15, 0.2) is 11.5 Å². The van der Waals surface area contributed by atoms with Crippen LogP contribution in [0.5, 0.6) is 0 Å². The third-order valence-corrected chi connectivity index (χ3v) is 2.40. The lowest BCUT2D eigenvalue weighted by Gasteiger charge is -2.09. The minimum absolute atomic E-state index is 0.0320. The number of halogens is 3. The van der Waals surface area contributed by atoms with Gasteiger partial charge in [-0.1, -0.05) is 0 Å². The Hall–Kier alpha value is -1.87. The average molecular weight is 276 g/mol. The topological polar surface area (TPSA) is 82.7 Å². The standard InChI is InChI=1S/C10H11F3N4O2/c11-10(12,13)8-3-7-9(15-4-6(19)5-18)14-1-2-17(7)16-8/h1-3,6,18-19H,4-5H2,(H,14,15). The number of aromatic nitrogens is 3. The summed E-state index contributed by atoms with van der Waals surface area (Å²) in [4.78, 5) is 3.88. The van der Waals surface area contributed by atoms with Crippen LogP contribution in [0.15, 0.2) is 18.5 Å². The van der Waals surface area contributed by atoms with E-state index in [4.69, 9.17) is 5.11 Å². The maximum Gasteiger partial charge on any atom is 0.435 e. The molecule has 0 bridgehead atoms. The van der Waals surface area contributed by atoms with E-state index in [0.717, 1.165) is 10.6 Å². The van der Waals surface area contributed by atoms with Crippen LogP contribution in [-0.2, 0) is 6.18 Å². The molecule has 1 atom stereocenters. The van der Waals surface area contributed by atoms with E-state index in [-0.39, 0.29) is 17.9 Å². The number of alkyl halides is 3. The Morgan fingerprint density at radius 2 is 2.16 bits per heavy atom. The number of anilines is 1. The Kier molecular flexibility index (Phi) is 3.58. The fourth-order valence-corrected chi connectivity index (χ4v) is 1.48. The Morgan fingerprint density at radius 1 is 1.42 bits per heavy atom. The number of rotatable bonds is 4. The van der Waals surface area contributed by atoms with Gasteiger partial charge in [0, 0.05) is 25.0 Å². The van der Waals surface area contributed by atoms with Crippen LogP contribution in [0.1, 0.15) is 5.69 Å². The minimum atomic E-state index is -4.53. The van der Waals surface area contributed by atoms with Gasteiger partial charge in [0.2, 0.25) is 0 Å². The van der Waals surface area contributed by atoms with Gasteiger partial charge in [-0.2, -0.15) is 18.3 Å². The molecule has 2 heterocycles. The molecule has 19 heavy (non-hydrogen) atoms. The molecule has 0 amide bonds. The average Bonchev–Trinajstić information content (AvgIpc) is 2.80. The molecule has 6 nitrogen and oxygen atoms in total. The van der Waals surface area contributed by atoms with Crippen molar-refractivity contribution in [2.75, 3.05) is 18.5 Å². The Morgan fingerprint density at radius 3 is 2.79 bits per heavy atom. The molecule has 0 radical (unpaired) electrons. The van der Waals surface area contributed by atoms with Crippen molar-refractivity contribution in [1.29, 1.82) is 0 Å². The second kappa shape index (κ2) is 5.02. The van der Waals surface area contributed by atoms with E-state index in [1.165, 1.54) is 12.4 Å². The van der Waals surface area contributed by atoms with Gasteiger partial charge in [-0.25, -0.2) is 9.50 Å². The van der Waals surface area contributed by atoms with Crippen LogP contribution in [0.4, 0.5) is 19.0 Å². The summed E-state index contributed by atoms with van der Waals surface area (Å²) in [7, 11) is 0. The van der Waals surface area contributed by atoms with Gasteiger partial charge < -0.3 is 15.5 Å². The van der Waals surface area contributed by atoms with Gasteiger partial charge in [0.25, 0.3) is 0 Å². The third kappa shape index (κ3) is 2.93. The summed E-state index contributed by atoms with van der Waals surface area (Å²) in [5.41, 5.74) is -0.883. The molecule has 0 saturated carbocycles. The van der Waals surface area contributed by atoms with Crippen molar-refractivity contribution >= 4 is 11.3 Å². The monoisotopic (exact) mass is 276 g/mol. The van der Waals surface area contributed by atoms with Crippen LogP contribution < -0.4 is 5.32 Å². The van der Waals surface area contributed by atoms with E-state index in [2.05, 4.69) is 15.4 Å². The van der Waals surface area contributed by atoms with E-state index in [1.807, 2.05) is 0 Å². The van der Waals surface area contributed by atoms with Crippen LogP contribution in [0.25, 0.3) is 5.52 Å². The smallest absolute Gasteiger partial charge is 0.394 e. The van der Waals surface area contributed by atoms with Gasteiger partial charge in [0.1, 0.15) is 5.52 Å². The lowest BCUT2D eigenvalue weighted by Crippen LogP contribution is -2.23. The fraction of sp³-hybridized carbons (Fsp3) is 0.400. The highest BCUT2D eigenvalue weighted by atomic mass is 19.4. The molecule has 0 spiro atoms. The van der Waals surface area contributed by atoms with Gasteiger partial charge in [-0.05, 0) is 0 Å². The van der Waals surface area contributed by atoms with Crippen molar-refractivity contribution in [3.8, 4) is 0 Å². The first-order valence-electron chi connectivity index (χ1n) is 5.36. The van der Waals surface area contributed by atoms with E-state index >= 15 is 0 Å². The Labute approximate surface area is 105 Å². The number of aliphatic hydroxyl groups is 2. The number of nitrogens with one attached hydrogen (secondary N) is 1. The first-order valence-corrected chi connectivity index (χ1v) is 5.36. The summed E-state index contributed by atoms with van der Waals surface area (Å²) < 4.78 is 38.7. The molecule has 0 aliphatic carbocycles. The molecule has 0 aliphatic heterocycles. The molecule has 104 valence electrons. The molecule has 0 aromatic carbocycles. The zero-order chi connectivity index (χ0) is 14.0. The zero-order valence-corrected chi connectivity index (χ0v) is 9.59. The van der Waals surface area contributed by atoms with Gasteiger partial charge in [0.05, 0.1) is 12.7 Å². The highest BCUT2D eigenvalue weighted by Gasteiger charge is 2.34. The van der Waals surface area contributed by atoms with Crippen LogP contribution in [-0.4, -0.2) is 44.1 Å². The highest BCUT2D eigenvalue weighted by Crippen LogP contribution is 2.29. The second-order valence-corrected chi connectivity index (χ2v) is 3.85. The predicted octanol–water partition coefficient (Wildman–Crippen LogP) is 0.513. The van der Waals surface area contributed by atoms with E-state index < -0.39 is 24.6 Å². The van der Waals surface area contributed by atoms with Crippen molar-refractivity contribution in [2.45, 2.75) is 12.3 Å². The Balaban J connectivity index is 2.32. The number of nitrogens with zero attached hydrogens (tertiary/aromatic N) is 3. The molecule has 3 N–H and O–H groups in total. The molecule has 9 heteroatoms. The summed E-state index contributed by atoms with van der Waals surface area (Å²) in [6, 6.07) is 0.862. The zero-order valence-electron chi connectivity index (χ0n) is 9.59. The normalized spacial score (nSPS) is 13.7. The quantitative estimate of drug-likeness (QED) is 0.758. The molecular weight excluding hydrogens is 265 g/mol. The summed E-state index contributed by atoms with van der Waals surface area (Å²) >= 11 is 0. The number of hydrogen-bond acceptors (Lipinski definition) is 5. The highest BCUT2D eigenvalue weighted by molar-refractivity contribution is 5.67. The summed E-state index contributed by atoms with van der Waals surface area (Å²) in [5, 5.41) is 23.9. The summed E-state index contributed by atoms with van der Waals surface area (Å²) in [5.74, 6) is 0.151. The molecule has 2 aromatic heterocycles. The van der Waals surface area contributed by atoms with Crippen molar-refractivity contribution in [3.63, 3.8) is 0 Å². The maximum atomic E-state index is 12.5. The van der Waals surface area contributed by atoms with Crippen molar-refractivity contribution in [2.24, 2.45) is 0 Å². The lowest BCUT2D eigenvalue weighted by atomic mass is 10.3. The van der Waals surface area contributed by atoms with E-state index in [1.54, 1.807) is 0 Å². The van der Waals surface area contributed by atoms with Crippen molar-refractivity contribution in [1.82, 2.24) is 14.6 Å². The van der Waals surface area contributed by atoms with Crippen LogP contribution in [0.3, 0.4) is 0 Å². The van der Waals surface area contributed by atoms with Crippen molar-refractivity contribution < 1.29 is 23.4 Å². The third-order valence-electron chi connectivity index (χ3n) is 2.40. The van der Waals surface area contributed by atoms with Crippen LogP contribution >= 0.6 is 0 Å². The summed E-state index contributed by atoms with van der Waals surface area (Å²) in [6.45, 7) is -0.487. The Bertz CT molecular complexity index is 569. The van der Waals surface area contributed by atoms with E-state index in [9.17, 15) is 18.3 Å². The molecule has 0 fully saturated rings. The largest absolute Gasteiger partial charge is 0.435 e. The number of hydrogen-bond donors (Lipinski definition) is 3. The second-order valence-electron chi connectivity index (χ2n) is 3.85. The first kappa shape index (κ1) is 13.6. The van der Waals surface area contributed by atoms with Gasteiger partial charge in [-0.3, -0.25) is 0 Å². The molecule has 1 unspecified atom stereocenters. The molecule has 2 aromatic rings. The summed E-state index contributed by atoms with van der Waals surface area (Å²) in [6.07, 6.45) is -2.98. The number of aliphatic hydroxyl groups excluding tert-OH is 2. The van der Waals surface area contributed by atoms with Crippen LogP contribution in [0, 0.1) is 0 Å². The predicted molar refractivity (Wildman–Crippen MR) is 59.6 cm³/mol. The fourth-order valence-electron chi connectivity index (χ4n) is 1.48. The first-order chi connectivity index (χ1) is 8.91. The molecule has 2 rings (SSSR count). The van der Waals surface area contributed by atoms with E-state index in [0.29, 0.717) is 0 Å². The van der Waals surface area contributed by atoms with Gasteiger partial charge in [-0.15, -0.1) is 0 Å². The lowest BCUT2D eigenvalue weighted by molar-refractivity contribution is -0.141. The maximum absolute atomic E-state index is 12.5. The number of fused-ring (bicyclic) bond motifs is 1. The molecule has 0 aliphatic rings. The van der Waals surface area contributed by atoms with Gasteiger partial charge >= 0.3 is 6.18 Å². The molecule has 0 saturated heterocycles. The molecular formula is C10H11F3N4O2.